The number of likely N-dealkylation sites (tertiary alicyclic amines) is 1. The van der Waals surface area contributed by atoms with Crippen LogP contribution in [-0.2, 0) is 6.54 Å². The maximum Gasteiger partial charge on any atom is 0.134 e. The Bertz CT molecular complexity index is 367. The van der Waals surface area contributed by atoms with Crippen LogP contribution in [0.2, 0.25) is 5.02 Å². The van der Waals surface area contributed by atoms with E-state index in [-0.39, 0.29) is 5.75 Å². The van der Waals surface area contributed by atoms with Crippen LogP contribution in [0.3, 0.4) is 0 Å². The topological polar surface area (TPSA) is 23.5 Å². The summed E-state index contributed by atoms with van der Waals surface area (Å²) in [5.74, 6) is 1.02. The van der Waals surface area contributed by atoms with E-state index in [0.29, 0.717) is 5.02 Å². The maximum atomic E-state index is 9.34. The Balaban J connectivity index is 1.97. The quantitative estimate of drug-likeness (QED) is 0.875. The second-order valence-electron chi connectivity index (χ2n) is 4.58. The van der Waals surface area contributed by atoms with Gasteiger partial charge < -0.3 is 5.11 Å². The molecule has 1 saturated heterocycles. The van der Waals surface area contributed by atoms with Gasteiger partial charge in [-0.25, -0.2) is 0 Å². The lowest BCUT2D eigenvalue weighted by atomic mass is 10.1. The van der Waals surface area contributed by atoms with Crippen molar-refractivity contribution in [3.63, 3.8) is 0 Å². The number of hydrogen-bond acceptors (Lipinski definition) is 2. The number of rotatable bonds is 3. The lowest BCUT2D eigenvalue weighted by Crippen LogP contribution is -2.19. The maximum absolute atomic E-state index is 9.34. The van der Waals surface area contributed by atoms with Crippen molar-refractivity contribution in [2.75, 3.05) is 13.1 Å². The van der Waals surface area contributed by atoms with E-state index in [0.717, 1.165) is 12.5 Å². The first-order valence-electron chi connectivity index (χ1n) is 5.88. The highest BCUT2D eigenvalue weighted by Gasteiger charge is 2.20. The molecule has 1 fully saturated rings. The standard InChI is InChI=1S/C13H18ClNO/c1-2-10-5-6-15(8-10)9-11-3-4-13(16)12(14)7-11/h3-4,7,10,16H,2,5-6,8-9H2,1H3. The molecule has 1 aromatic rings. The minimum absolute atomic E-state index is 0.165. The third-order valence-corrected chi connectivity index (χ3v) is 3.67. The van der Waals surface area contributed by atoms with Crippen molar-refractivity contribution < 1.29 is 5.11 Å². The number of nitrogens with zero attached hydrogens (tertiary/aromatic N) is 1. The average Bonchev–Trinajstić information content (AvgIpc) is 2.71. The Morgan fingerprint density at radius 2 is 2.31 bits per heavy atom. The van der Waals surface area contributed by atoms with Crippen LogP contribution in [0, 0.1) is 5.92 Å². The highest BCUT2D eigenvalue weighted by Crippen LogP contribution is 2.26. The van der Waals surface area contributed by atoms with Crippen LogP contribution in [0.1, 0.15) is 25.3 Å². The van der Waals surface area contributed by atoms with Crippen LogP contribution >= 0.6 is 11.6 Å². The van der Waals surface area contributed by atoms with E-state index < -0.39 is 0 Å². The molecule has 1 aliphatic rings. The molecule has 0 amide bonds. The van der Waals surface area contributed by atoms with Crippen LogP contribution in [0.4, 0.5) is 0 Å². The predicted molar refractivity (Wildman–Crippen MR) is 66.8 cm³/mol. The number of aromatic hydroxyl groups is 1. The van der Waals surface area contributed by atoms with Crippen LogP contribution in [-0.4, -0.2) is 23.1 Å². The first kappa shape index (κ1) is 11.7. The molecule has 0 spiro atoms. The lowest BCUT2D eigenvalue weighted by Gasteiger charge is -2.16. The number of benzene rings is 1. The van der Waals surface area contributed by atoms with Crippen molar-refractivity contribution in [2.24, 2.45) is 5.92 Å². The molecule has 2 nitrogen and oxygen atoms in total. The summed E-state index contributed by atoms with van der Waals surface area (Å²) in [6.07, 6.45) is 2.58. The zero-order valence-electron chi connectivity index (χ0n) is 9.62. The van der Waals surface area contributed by atoms with E-state index in [4.69, 9.17) is 11.6 Å². The highest BCUT2D eigenvalue weighted by atomic mass is 35.5. The van der Waals surface area contributed by atoms with Crippen LogP contribution in [0.25, 0.3) is 0 Å². The molecule has 1 unspecified atom stereocenters. The summed E-state index contributed by atoms with van der Waals surface area (Å²) in [4.78, 5) is 2.46. The first-order chi connectivity index (χ1) is 7.69. The van der Waals surface area contributed by atoms with Crippen molar-refractivity contribution in [1.82, 2.24) is 4.90 Å². The van der Waals surface area contributed by atoms with Gasteiger partial charge in [-0.3, -0.25) is 4.90 Å². The molecule has 0 bridgehead atoms. The Hall–Kier alpha value is -0.730. The summed E-state index contributed by atoms with van der Waals surface area (Å²) < 4.78 is 0. The number of phenols is 1. The van der Waals surface area contributed by atoms with E-state index in [9.17, 15) is 5.11 Å². The largest absolute Gasteiger partial charge is 0.506 e. The van der Waals surface area contributed by atoms with Gasteiger partial charge in [-0.05, 0) is 36.6 Å². The number of halogens is 1. The molecule has 0 radical (unpaired) electrons. The molecule has 1 heterocycles. The SMILES string of the molecule is CCC1CCN(Cc2ccc(O)c(Cl)c2)C1. The van der Waals surface area contributed by atoms with Crippen LogP contribution in [0.5, 0.6) is 5.75 Å². The average molecular weight is 240 g/mol. The molecule has 1 N–H and O–H groups in total. The normalized spacial score (nSPS) is 21.5. The predicted octanol–water partition coefficient (Wildman–Crippen LogP) is 3.28. The molecule has 1 atom stereocenters. The number of hydrogen-bond donors (Lipinski definition) is 1. The monoisotopic (exact) mass is 239 g/mol. The van der Waals surface area contributed by atoms with Crippen LogP contribution in [0.15, 0.2) is 18.2 Å². The zero-order chi connectivity index (χ0) is 11.5. The molecule has 3 heteroatoms. The van der Waals surface area contributed by atoms with Gasteiger partial charge in [0.15, 0.2) is 0 Å². The molecule has 0 aromatic heterocycles. The molecule has 2 rings (SSSR count). The van der Waals surface area contributed by atoms with Crippen LogP contribution < -0.4 is 0 Å². The summed E-state index contributed by atoms with van der Waals surface area (Å²) in [5.41, 5.74) is 1.18. The lowest BCUT2D eigenvalue weighted by molar-refractivity contribution is 0.315. The van der Waals surface area contributed by atoms with E-state index in [1.807, 2.05) is 12.1 Å². The molecule has 1 aliphatic heterocycles. The van der Waals surface area contributed by atoms with E-state index >= 15 is 0 Å². The van der Waals surface area contributed by atoms with E-state index in [1.54, 1.807) is 6.07 Å². The molecule has 0 saturated carbocycles. The second kappa shape index (κ2) is 5.07. The van der Waals surface area contributed by atoms with Gasteiger partial charge in [0.05, 0.1) is 5.02 Å². The van der Waals surface area contributed by atoms with Crippen molar-refractivity contribution in [3.8, 4) is 5.75 Å². The van der Waals surface area contributed by atoms with Gasteiger partial charge in [0.2, 0.25) is 0 Å². The molecule has 16 heavy (non-hydrogen) atoms. The third kappa shape index (κ3) is 2.69. The summed E-state index contributed by atoms with van der Waals surface area (Å²) in [5, 5.41) is 9.79. The smallest absolute Gasteiger partial charge is 0.134 e. The molecular weight excluding hydrogens is 222 g/mol. The Labute approximate surface area is 102 Å². The number of phenolic OH excluding ortho intramolecular Hbond substituents is 1. The fourth-order valence-corrected chi connectivity index (χ4v) is 2.50. The van der Waals surface area contributed by atoms with Gasteiger partial charge in [0.1, 0.15) is 5.75 Å². The molecule has 88 valence electrons. The second-order valence-corrected chi connectivity index (χ2v) is 4.99. The van der Waals surface area contributed by atoms with Crippen molar-refractivity contribution >= 4 is 11.6 Å². The fraction of sp³-hybridized carbons (Fsp3) is 0.538. The van der Waals surface area contributed by atoms with Gasteiger partial charge in [-0.15, -0.1) is 0 Å². The van der Waals surface area contributed by atoms with Gasteiger partial charge in [0.25, 0.3) is 0 Å². The van der Waals surface area contributed by atoms with Crippen molar-refractivity contribution in [1.29, 1.82) is 0 Å². The minimum Gasteiger partial charge on any atom is -0.506 e. The van der Waals surface area contributed by atoms with E-state index in [1.165, 1.54) is 31.5 Å². The Kier molecular flexibility index (Phi) is 3.72. The third-order valence-electron chi connectivity index (χ3n) is 3.37. The van der Waals surface area contributed by atoms with E-state index in [2.05, 4.69) is 11.8 Å². The summed E-state index contributed by atoms with van der Waals surface area (Å²) in [6.45, 7) is 5.56. The molecule has 1 aromatic carbocycles. The summed E-state index contributed by atoms with van der Waals surface area (Å²) in [6, 6.07) is 5.47. The summed E-state index contributed by atoms with van der Waals surface area (Å²) >= 11 is 5.89. The van der Waals surface area contributed by atoms with Crippen molar-refractivity contribution in [2.45, 2.75) is 26.3 Å². The minimum atomic E-state index is 0.165. The highest BCUT2D eigenvalue weighted by molar-refractivity contribution is 6.32. The van der Waals surface area contributed by atoms with Gasteiger partial charge in [0, 0.05) is 13.1 Å². The Morgan fingerprint density at radius 1 is 1.50 bits per heavy atom. The van der Waals surface area contributed by atoms with Crippen molar-refractivity contribution in [3.05, 3.63) is 28.8 Å². The van der Waals surface area contributed by atoms with Gasteiger partial charge in [-0.1, -0.05) is 31.0 Å². The summed E-state index contributed by atoms with van der Waals surface area (Å²) in [7, 11) is 0. The molecule has 0 aliphatic carbocycles. The van der Waals surface area contributed by atoms with Gasteiger partial charge >= 0.3 is 0 Å². The molecular formula is C13H18ClNO. The Morgan fingerprint density at radius 3 is 2.94 bits per heavy atom. The van der Waals surface area contributed by atoms with Gasteiger partial charge in [-0.2, -0.15) is 0 Å². The zero-order valence-corrected chi connectivity index (χ0v) is 10.4. The first-order valence-corrected chi connectivity index (χ1v) is 6.26. The fourth-order valence-electron chi connectivity index (χ4n) is 2.30.